The Bertz CT molecular complexity index is 359. The Morgan fingerprint density at radius 2 is 2.05 bits per heavy atom. The molecule has 2 fully saturated rings. The minimum Gasteiger partial charge on any atom is -0.465 e. The van der Waals surface area contributed by atoms with Crippen LogP contribution in [0.2, 0.25) is 0 Å². The summed E-state index contributed by atoms with van der Waals surface area (Å²) in [6.45, 7) is 11.4. The van der Waals surface area contributed by atoms with Gasteiger partial charge in [0.1, 0.15) is 5.54 Å². The predicted molar refractivity (Wildman–Crippen MR) is 84.3 cm³/mol. The van der Waals surface area contributed by atoms with Gasteiger partial charge < -0.3 is 15.0 Å². The molecule has 2 unspecified atom stereocenters. The first-order valence-corrected chi connectivity index (χ1v) is 8.38. The van der Waals surface area contributed by atoms with Crippen LogP contribution in [0, 0.1) is 5.92 Å². The van der Waals surface area contributed by atoms with Crippen LogP contribution >= 0.6 is 0 Å². The van der Waals surface area contributed by atoms with E-state index in [9.17, 15) is 4.79 Å². The number of rotatable bonds is 7. The third kappa shape index (κ3) is 3.76. The summed E-state index contributed by atoms with van der Waals surface area (Å²) in [5.74, 6) is 0.379. The van der Waals surface area contributed by atoms with E-state index in [0.717, 1.165) is 45.6 Å². The highest BCUT2D eigenvalue weighted by Gasteiger charge is 2.52. The summed E-state index contributed by atoms with van der Waals surface area (Å²) >= 11 is 0. The Kier molecular flexibility index (Phi) is 5.63. The van der Waals surface area contributed by atoms with Gasteiger partial charge in [-0.05, 0) is 46.2 Å². The maximum atomic E-state index is 12.7. The van der Waals surface area contributed by atoms with E-state index in [2.05, 4.69) is 36.0 Å². The fourth-order valence-electron chi connectivity index (χ4n) is 3.52. The molecule has 0 aromatic carbocycles. The molecule has 0 bridgehead atoms. The van der Waals surface area contributed by atoms with E-state index in [4.69, 9.17) is 4.74 Å². The molecule has 2 atom stereocenters. The van der Waals surface area contributed by atoms with E-state index in [1.807, 2.05) is 6.92 Å². The van der Waals surface area contributed by atoms with Crippen molar-refractivity contribution in [2.45, 2.75) is 45.2 Å². The molecule has 1 heterocycles. The Hall–Kier alpha value is -0.650. The summed E-state index contributed by atoms with van der Waals surface area (Å²) in [4.78, 5) is 17.5. The van der Waals surface area contributed by atoms with E-state index in [1.165, 1.54) is 0 Å². The van der Waals surface area contributed by atoms with Crippen molar-refractivity contribution in [3.05, 3.63) is 0 Å². The van der Waals surface area contributed by atoms with Gasteiger partial charge in [-0.1, -0.05) is 6.92 Å². The van der Waals surface area contributed by atoms with E-state index in [-0.39, 0.29) is 5.97 Å². The second-order valence-electron chi connectivity index (χ2n) is 6.58. The van der Waals surface area contributed by atoms with E-state index in [1.54, 1.807) is 0 Å². The van der Waals surface area contributed by atoms with Crippen molar-refractivity contribution in [1.82, 2.24) is 15.1 Å². The van der Waals surface area contributed by atoms with Gasteiger partial charge in [0.15, 0.2) is 0 Å². The molecular formula is C16H31N3O2. The third-order valence-corrected chi connectivity index (χ3v) is 4.83. The van der Waals surface area contributed by atoms with Crippen molar-refractivity contribution >= 4 is 5.97 Å². The van der Waals surface area contributed by atoms with Crippen molar-refractivity contribution in [2.75, 3.05) is 46.4 Å². The lowest BCUT2D eigenvalue weighted by atomic mass is 9.91. The van der Waals surface area contributed by atoms with Crippen molar-refractivity contribution in [3.8, 4) is 0 Å². The van der Waals surface area contributed by atoms with Crippen LogP contribution in [0.1, 0.15) is 33.6 Å². The number of carbonyl (C=O) groups excluding carboxylic acids is 1. The van der Waals surface area contributed by atoms with Crippen LogP contribution < -0.4 is 5.32 Å². The number of carbonyl (C=O) groups is 1. The average Bonchev–Trinajstić information content (AvgIpc) is 3.26. The Morgan fingerprint density at radius 3 is 2.57 bits per heavy atom. The SMILES string of the molecule is CCNC(CN1CCN(C)CC1C)(C(=O)OCC)C1CC1. The summed E-state index contributed by atoms with van der Waals surface area (Å²) in [5, 5.41) is 3.49. The largest absolute Gasteiger partial charge is 0.465 e. The molecule has 5 nitrogen and oxygen atoms in total. The zero-order valence-electron chi connectivity index (χ0n) is 14.0. The van der Waals surface area contributed by atoms with Gasteiger partial charge in [0, 0.05) is 32.2 Å². The summed E-state index contributed by atoms with van der Waals surface area (Å²) in [6, 6.07) is 0.481. The normalized spacial score (nSPS) is 27.3. The topological polar surface area (TPSA) is 44.8 Å². The molecule has 1 N–H and O–H groups in total. The molecule has 1 saturated carbocycles. The van der Waals surface area contributed by atoms with Crippen molar-refractivity contribution < 1.29 is 9.53 Å². The van der Waals surface area contributed by atoms with Crippen molar-refractivity contribution in [3.63, 3.8) is 0 Å². The van der Waals surface area contributed by atoms with Gasteiger partial charge >= 0.3 is 5.97 Å². The lowest BCUT2D eigenvalue weighted by Crippen LogP contribution is -2.64. The standard InChI is InChI=1S/C16H31N3O2/c1-5-17-16(14-7-8-14,15(20)21-6-2)12-19-10-9-18(4)11-13(19)3/h13-14,17H,5-12H2,1-4H3. The lowest BCUT2D eigenvalue weighted by Gasteiger charge is -2.44. The smallest absolute Gasteiger partial charge is 0.327 e. The first kappa shape index (κ1) is 16.7. The first-order chi connectivity index (χ1) is 10.0. The zero-order valence-corrected chi connectivity index (χ0v) is 14.0. The molecule has 122 valence electrons. The molecule has 0 amide bonds. The molecule has 2 aliphatic rings. The number of likely N-dealkylation sites (N-methyl/N-ethyl adjacent to an activating group) is 2. The van der Waals surface area contributed by atoms with Gasteiger partial charge in [0.25, 0.3) is 0 Å². The van der Waals surface area contributed by atoms with Crippen LogP contribution in [0.4, 0.5) is 0 Å². The lowest BCUT2D eigenvalue weighted by molar-refractivity contribution is -0.154. The summed E-state index contributed by atoms with van der Waals surface area (Å²) in [7, 11) is 2.16. The van der Waals surface area contributed by atoms with Gasteiger partial charge in [-0.25, -0.2) is 4.79 Å². The molecule has 0 aromatic rings. The number of nitrogens with zero attached hydrogens (tertiary/aromatic N) is 2. The number of nitrogens with one attached hydrogen (secondary N) is 1. The molecule has 2 rings (SSSR count). The van der Waals surface area contributed by atoms with Gasteiger partial charge in [0.2, 0.25) is 0 Å². The van der Waals surface area contributed by atoms with E-state index >= 15 is 0 Å². The Morgan fingerprint density at radius 1 is 1.33 bits per heavy atom. The maximum absolute atomic E-state index is 12.7. The molecule has 1 aliphatic carbocycles. The average molecular weight is 297 g/mol. The van der Waals surface area contributed by atoms with Gasteiger partial charge in [-0.2, -0.15) is 0 Å². The van der Waals surface area contributed by atoms with Crippen LogP contribution in [0.3, 0.4) is 0 Å². The Balaban J connectivity index is 2.13. The van der Waals surface area contributed by atoms with Crippen LogP contribution in [0.5, 0.6) is 0 Å². The first-order valence-electron chi connectivity index (χ1n) is 8.38. The minimum absolute atomic E-state index is 0.0551. The number of esters is 1. The second-order valence-corrected chi connectivity index (χ2v) is 6.58. The molecule has 5 heteroatoms. The maximum Gasteiger partial charge on any atom is 0.327 e. The van der Waals surface area contributed by atoms with Crippen molar-refractivity contribution in [1.29, 1.82) is 0 Å². The molecule has 0 radical (unpaired) electrons. The zero-order chi connectivity index (χ0) is 15.5. The molecular weight excluding hydrogens is 266 g/mol. The number of ether oxygens (including phenoxy) is 1. The highest BCUT2D eigenvalue weighted by atomic mass is 16.5. The van der Waals surface area contributed by atoms with Gasteiger partial charge in [0.05, 0.1) is 6.61 Å². The van der Waals surface area contributed by atoms with Crippen molar-refractivity contribution in [2.24, 2.45) is 5.92 Å². The van der Waals surface area contributed by atoms with E-state index in [0.29, 0.717) is 18.6 Å². The summed E-state index contributed by atoms with van der Waals surface area (Å²) in [6.07, 6.45) is 2.27. The van der Waals surface area contributed by atoms with Gasteiger partial charge in [-0.15, -0.1) is 0 Å². The highest BCUT2D eigenvalue weighted by Crippen LogP contribution is 2.41. The predicted octanol–water partition coefficient (Wildman–Crippen LogP) is 0.944. The number of hydrogen-bond acceptors (Lipinski definition) is 5. The quantitative estimate of drug-likeness (QED) is 0.709. The van der Waals surface area contributed by atoms with Crippen LogP contribution in [-0.4, -0.2) is 73.7 Å². The number of piperazine rings is 1. The summed E-state index contributed by atoms with van der Waals surface area (Å²) < 4.78 is 5.42. The molecule has 1 saturated heterocycles. The molecule has 0 aromatic heterocycles. The number of hydrogen-bond donors (Lipinski definition) is 1. The Labute approximate surface area is 129 Å². The minimum atomic E-state index is -0.505. The molecule has 1 aliphatic heterocycles. The molecule has 21 heavy (non-hydrogen) atoms. The third-order valence-electron chi connectivity index (χ3n) is 4.83. The van der Waals surface area contributed by atoms with Crippen LogP contribution in [0.25, 0.3) is 0 Å². The fourth-order valence-corrected chi connectivity index (χ4v) is 3.52. The van der Waals surface area contributed by atoms with Crippen LogP contribution in [0.15, 0.2) is 0 Å². The van der Waals surface area contributed by atoms with Gasteiger partial charge in [-0.3, -0.25) is 4.90 Å². The molecule has 0 spiro atoms. The highest BCUT2D eigenvalue weighted by molar-refractivity contribution is 5.82. The fraction of sp³-hybridized carbons (Fsp3) is 0.938. The second kappa shape index (κ2) is 7.07. The summed E-state index contributed by atoms with van der Waals surface area (Å²) in [5.41, 5.74) is -0.505. The van der Waals surface area contributed by atoms with Crippen LogP contribution in [-0.2, 0) is 9.53 Å². The van der Waals surface area contributed by atoms with E-state index < -0.39 is 5.54 Å². The monoisotopic (exact) mass is 297 g/mol.